The number of fused-ring (bicyclic) bond motifs is 1. The number of hydrogen-bond donors (Lipinski definition) is 2. The first-order valence-electron chi connectivity index (χ1n) is 7.65. The average Bonchev–Trinajstić information content (AvgIpc) is 2.76. The third-order valence-corrected chi connectivity index (χ3v) is 4.28. The van der Waals surface area contributed by atoms with Gasteiger partial charge in [-0.3, -0.25) is 14.9 Å². The summed E-state index contributed by atoms with van der Waals surface area (Å²) >= 11 is 0. The quantitative estimate of drug-likeness (QED) is 0.818. The predicted molar refractivity (Wildman–Crippen MR) is 80.3 cm³/mol. The molecule has 2 aliphatic heterocycles. The molecule has 2 unspecified atom stereocenters. The Morgan fingerprint density at radius 2 is 2.09 bits per heavy atom. The van der Waals surface area contributed by atoms with E-state index in [4.69, 9.17) is 0 Å². The van der Waals surface area contributed by atoms with Crippen LogP contribution in [0.5, 0.6) is 0 Å². The van der Waals surface area contributed by atoms with Gasteiger partial charge in [0, 0.05) is 13.0 Å². The molecule has 23 heavy (non-hydrogen) atoms. The van der Waals surface area contributed by atoms with Gasteiger partial charge in [0.15, 0.2) is 0 Å². The molecule has 0 aromatic heterocycles. The number of urea groups is 1. The second-order valence-electron chi connectivity index (χ2n) is 5.81. The average molecular weight is 319 g/mol. The van der Waals surface area contributed by atoms with E-state index in [0.29, 0.717) is 18.5 Å². The lowest BCUT2D eigenvalue weighted by molar-refractivity contribution is -0.132. The van der Waals surface area contributed by atoms with Crippen LogP contribution in [0.2, 0.25) is 0 Å². The predicted octanol–water partition coefficient (Wildman–Crippen LogP) is 1.07. The molecule has 122 valence electrons. The molecule has 1 saturated heterocycles. The molecule has 0 bridgehead atoms. The number of nitrogens with zero attached hydrogens (tertiary/aromatic N) is 1. The van der Waals surface area contributed by atoms with Gasteiger partial charge in [0.05, 0.1) is 6.54 Å². The van der Waals surface area contributed by atoms with Crippen molar-refractivity contribution in [1.82, 2.24) is 15.5 Å². The molecule has 0 aliphatic carbocycles. The van der Waals surface area contributed by atoms with Crippen LogP contribution in [0.25, 0.3) is 0 Å². The van der Waals surface area contributed by atoms with E-state index in [9.17, 15) is 18.8 Å². The van der Waals surface area contributed by atoms with E-state index >= 15 is 0 Å². The summed E-state index contributed by atoms with van der Waals surface area (Å²) in [5, 5.41) is 4.58. The van der Waals surface area contributed by atoms with E-state index in [1.165, 1.54) is 4.90 Å². The molecular weight excluding hydrogens is 301 g/mol. The van der Waals surface area contributed by atoms with Crippen LogP contribution >= 0.6 is 0 Å². The molecule has 2 heterocycles. The summed E-state index contributed by atoms with van der Waals surface area (Å²) < 4.78 is 14.4. The van der Waals surface area contributed by atoms with Crippen molar-refractivity contribution in [2.75, 3.05) is 13.1 Å². The Hall–Kier alpha value is -2.44. The minimum absolute atomic E-state index is 0.0269. The number of benzene rings is 1. The van der Waals surface area contributed by atoms with E-state index in [-0.39, 0.29) is 25.3 Å². The third kappa shape index (κ3) is 3.33. The lowest BCUT2D eigenvalue weighted by Crippen LogP contribution is -2.36. The van der Waals surface area contributed by atoms with Gasteiger partial charge in [-0.25, -0.2) is 9.18 Å². The number of imide groups is 1. The number of alkyl halides is 1. The second-order valence-corrected chi connectivity index (χ2v) is 5.81. The first-order valence-corrected chi connectivity index (χ1v) is 7.65. The van der Waals surface area contributed by atoms with E-state index < -0.39 is 24.2 Å². The molecule has 2 N–H and O–H groups in total. The first kappa shape index (κ1) is 15.5. The minimum atomic E-state index is -1.20. The Morgan fingerprint density at radius 1 is 1.30 bits per heavy atom. The molecule has 4 amide bonds. The summed E-state index contributed by atoms with van der Waals surface area (Å²) in [7, 11) is 0. The van der Waals surface area contributed by atoms with Crippen LogP contribution in [-0.4, -0.2) is 41.9 Å². The maximum Gasteiger partial charge on any atom is 0.322 e. The highest BCUT2D eigenvalue weighted by atomic mass is 19.1. The molecular formula is C16H18FN3O3. The number of carbonyl (C=O) groups is 3. The van der Waals surface area contributed by atoms with E-state index in [1.807, 2.05) is 12.1 Å². The van der Waals surface area contributed by atoms with Crippen LogP contribution < -0.4 is 10.6 Å². The summed E-state index contributed by atoms with van der Waals surface area (Å²) in [6.07, 6.45) is -0.270. The molecule has 2 aliphatic rings. The highest BCUT2D eigenvalue weighted by Crippen LogP contribution is 2.26. The third-order valence-electron chi connectivity index (χ3n) is 4.28. The highest BCUT2D eigenvalue weighted by molar-refractivity contribution is 6.04. The fourth-order valence-electron chi connectivity index (χ4n) is 3.02. The van der Waals surface area contributed by atoms with Gasteiger partial charge in [-0.15, -0.1) is 0 Å². The SMILES string of the molecule is O=C1NC(=O)C(CCC(=O)N2CCc3ccccc3C(F)C2)N1. The monoisotopic (exact) mass is 319 g/mol. The number of halogens is 1. The van der Waals surface area contributed by atoms with Crippen LogP contribution in [0.15, 0.2) is 24.3 Å². The van der Waals surface area contributed by atoms with Crippen LogP contribution in [-0.2, 0) is 16.0 Å². The Kier molecular flexibility index (Phi) is 4.27. The fraction of sp³-hybridized carbons (Fsp3) is 0.438. The maximum absolute atomic E-state index is 14.4. The van der Waals surface area contributed by atoms with Gasteiger partial charge in [-0.2, -0.15) is 0 Å². The number of amides is 4. The Labute approximate surface area is 133 Å². The van der Waals surface area contributed by atoms with Gasteiger partial charge in [0.2, 0.25) is 5.91 Å². The molecule has 1 aromatic carbocycles. The number of carbonyl (C=O) groups excluding carboxylic acids is 3. The van der Waals surface area contributed by atoms with Gasteiger partial charge in [0.1, 0.15) is 12.2 Å². The van der Waals surface area contributed by atoms with Crippen molar-refractivity contribution in [3.05, 3.63) is 35.4 Å². The smallest absolute Gasteiger partial charge is 0.322 e. The van der Waals surface area contributed by atoms with Crippen molar-refractivity contribution in [2.45, 2.75) is 31.5 Å². The van der Waals surface area contributed by atoms with Gasteiger partial charge in [-0.05, 0) is 24.0 Å². The zero-order valence-corrected chi connectivity index (χ0v) is 12.5. The maximum atomic E-state index is 14.4. The molecule has 1 aromatic rings. The molecule has 2 atom stereocenters. The standard InChI is InChI=1S/C16H18FN3O3/c17-12-9-20(8-7-10-3-1-2-4-11(10)12)14(21)6-5-13-15(22)19-16(23)18-13/h1-4,12-13H,5-9H2,(H2,18,19,22,23). The van der Waals surface area contributed by atoms with Crippen molar-refractivity contribution in [2.24, 2.45) is 0 Å². The second kappa shape index (κ2) is 6.36. The zero-order chi connectivity index (χ0) is 16.4. The van der Waals surface area contributed by atoms with Crippen molar-refractivity contribution in [3.8, 4) is 0 Å². The Bertz CT molecular complexity index is 649. The van der Waals surface area contributed by atoms with Crippen molar-refractivity contribution in [3.63, 3.8) is 0 Å². The van der Waals surface area contributed by atoms with E-state index in [2.05, 4.69) is 10.6 Å². The topological polar surface area (TPSA) is 78.5 Å². The van der Waals surface area contributed by atoms with Gasteiger partial charge in [0.25, 0.3) is 5.91 Å². The Balaban J connectivity index is 1.59. The van der Waals surface area contributed by atoms with E-state index in [0.717, 1.165) is 5.56 Å². The lowest BCUT2D eigenvalue weighted by atomic mass is 10.0. The van der Waals surface area contributed by atoms with Gasteiger partial charge >= 0.3 is 6.03 Å². The van der Waals surface area contributed by atoms with Crippen LogP contribution in [0.1, 0.15) is 30.1 Å². The molecule has 3 rings (SSSR count). The van der Waals surface area contributed by atoms with E-state index in [1.54, 1.807) is 12.1 Å². The molecule has 0 radical (unpaired) electrons. The van der Waals surface area contributed by atoms with Gasteiger partial charge in [-0.1, -0.05) is 24.3 Å². The van der Waals surface area contributed by atoms with Crippen LogP contribution in [0, 0.1) is 0 Å². The number of hydrogen-bond acceptors (Lipinski definition) is 3. The Morgan fingerprint density at radius 3 is 2.83 bits per heavy atom. The van der Waals surface area contributed by atoms with Crippen LogP contribution in [0.3, 0.4) is 0 Å². The molecule has 1 fully saturated rings. The van der Waals surface area contributed by atoms with Crippen molar-refractivity contribution >= 4 is 17.8 Å². The first-order chi connectivity index (χ1) is 11.0. The fourth-order valence-corrected chi connectivity index (χ4v) is 3.02. The minimum Gasteiger partial charge on any atom is -0.339 e. The largest absolute Gasteiger partial charge is 0.339 e. The number of rotatable bonds is 3. The highest BCUT2D eigenvalue weighted by Gasteiger charge is 2.31. The van der Waals surface area contributed by atoms with Gasteiger partial charge < -0.3 is 10.2 Å². The normalized spacial score (nSPS) is 23.8. The lowest BCUT2D eigenvalue weighted by Gasteiger charge is -2.22. The van der Waals surface area contributed by atoms with Crippen molar-refractivity contribution < 1.29 is 18.8 Å². The summed E-state index contributed by atoms with van der Waals surface area (Å²) in [6.45, 7) is 0.485. The van der Waals surface area contributed by atoms with Crippen molar-refractivity contribution in [1.29, 1.82) is 0 Å². The molecule has 7 heteroatoms. The zero-order valence-electron chi connectivity index (χ0n) is 12.5. The number of nitrogens with one attached hydrogen (secondary N) is 2. The summed E-state index contributed by atoms with van der Waals surface area (Å²) in [4.78, 5) is 36.3. The molecule has 0 spiro atoms. The van der Waals surface area contributed by atoms with Crippen LogP contribution in [0.4, 0.5) is 9.18 Å². The molecule has 6 nitrogen and oxygen atoms in total. The summed E-state index contributed by atoms with van der Waals surface area (Å²) in [6, 6.07) is 6.08. The summed E-state index contributed by atoms with van der Waals surface area (Å²) in [5.74, 6) is -0.621. The molecule has 0 saturated carbocycles. The summed E-state index contributed by atoms with van der Waals surface area (Å²) in [5.41, 5.74) is 1.57.